The molecule has 0 saturated carbocycles. The van der Waals surface area contributed by atoms with Gasteiger partial charge in [0.25, 0.3) is 0 Å². The highest BCUT2D eigenvalue weighted by molar-refractivity contribution is 7.98. The van der Waals surface area contributed by atoms with Gasteiger partial charge in [0, 0.05) is 15.8 Å². The third-order valence-electron chi connectivity index (χ3n) is 2.98. The van der Waals surface area contributed by atoms with E-state index >= 15 is 0 Å². The fourth-order valence-corrected chi connectivity index (χ4v) is 2.40. The van der Waals surface area contributed by atoms with Crippen LogP contribution in [0, 0.1) is 0 Å². The van der Waals surface area contributed by atoms with Crippen LogP contribution in [-0.2, 0) is 0 Å². The number of para-hydroxylation sites is 1. The lowest BCUT2D eigenvalue weighted by atomic mass is 10.1. The van der Waals surface area contributed by atoms with Crippen LogP contribution in [-0.4, -0.2) is 11.2 Å². The maximum atomic E-state index is 4.69. The van der Waals surface area contributed by atoms with E-state index in [0.717, 1.165) is 11.2 Å². The fraction of sp³-hybridized carbons (Fsp3) is 0.0625. The smallest absolute Gasteiger partial charge is 0.0709 e. The molecule has 0 saturated heterocycles. The van der Waals surface area contributed by atoms with Crippen molar-refractivity contribution in [3.63, 3.8) is 0 Å². The van der Waals surface area contributed by atoms with Gasteiger partial charge >= 0.3 is 0 Å². The average molecular weight is 251 g/mol. The van der Waals surface area contributed by atoms with Gasteiger partial charge in [-0.3, -0.25) is 0 Å². The number of pyridine rings is 1. The molecule has 0 aliphatic rings. The lowest BCUT2D eigenvalue weighted by molar-refractivity contribution is 1.38. The van der Waals surface area contributed by atoms with Gasteiger partial charge in [0.1, 0.15) is 0 Å². The summed E-state index contributed by atoms with van der Waals surface area (Å²) < 4.78 is 0. The summed E-state index contributed by atoms with van der Waals surface area (Å²) in [6, 6.07) is 20.9. The van der Waals surface area contributed by atoms with Crippen LogP contribution in [0.3, 0.4) is 0 Å². The van der Waals surface area contributed by atoms with E-state index in [1.807, 2.05) is 12.1 Å². The number of hydrogen-bond donors (Lipinski definition) is 0. The average Bonchev–Trinajstić information content (AvgIpc) is 2.47. The summed E-state index contributed by atoms with van der Waals surface area (Å²) in [7, 11) is 0. The van der Waals surface area contributed by atoms with Gasteiger partial charge in [0.15, 0.2) is 0 Å². The van der Waals surface area contributed by atoms with Crippen LogP contribution in [0.25, 0.3) is 22.2 Å². The zero-order valence-corrected chi connectivity index (χ0v) is 10.9. The predicted octanol–water partition coefficient (Wildman–Crippen LogP) is 4.62. The second kappa shape index (κ2) is 4.83. The SMILES string of the molecule is CSc1ccc(-c2ccc3ccccc3n2)cc1. The molecular formula is C16H13NS. The first-order valence-corrected chi connectivity index (χ1v) is 7.09. The molecule has 0 unspecified atom stereocenters. The Morgan fingerprint density at radius 3 is 2.39 bits per heavy atom. The highest BCUT2D eigenvalue weighted by atomic mass is 32.2. The monoisotopic (exact) mass is 251 g/mol. The van der Waals surface area contributed by atoms with E-state index < -0.39 is 0 Å². The van der Waals surface area contributed by atoms with Gasteiger partial charge < -0.3 is 0 Å². The van der Waals surface area contributed by atoms with Crippen LogP contribution in [0.1, 0.15) is 0 Å². The quantitative estimate of drug-likeness (QED) is 0.616. The van der Waals surface area contributed by atoms with Gasteiger partial charge in [-0.2, -0.15) is 0 Å². The van der Waals surface area contributed by atoms with Gasteiger partial charge in [-0.05, 0) is 30.5 Å². The summed E-state index contributed by atoms with van der Waals surface area (Å²) in [5, 5.41) is 1.18. The van der Waals surface area contributed by atoms with Crippen molar-refractivity contribution in [2.45, 2.75) is 4.90 Å². The molecule has 0 spiro atoms. The minimum absolute atomic E-state index is 1.03. The highest BCUT2D eigenvalue weighted by Crippen LogP contribution is 2.23. The first-order valence-electron chi connectivity index (χ1n) is 5.87. The molecular weight excluding hydrogens is 238 g/mol. The summed E-state index contributed by atoms with van der Waals surface area (Å²) in [5.41, 5.74) is 3.24. The van der Waals surface area contributed by atoms with Crippen molar-refractivity contribution in [1.29, 1.82) is 0 Å². The minimum Gasteiger partial charge on any atom is -0.248 e. The van der Waals surface area contributed by atoms with Crippen molar-refractivity contribution in [2.75, 3.05) is 6.26 Å². The topological polar surface area (TPSA) is 12.9 Å². The van der Waals surface area contributed by atoms with E-state index in [2.05, 4.69) is 54.8 Å². The molecule has 3 aromatic rings. The lowest BCUT2D eigenvalue weighted by Crippen LogP contribution is -1.84. The fourth-order valence-electron chi connectivity index (χ4n) is 1.99. The molecule has 88 valence electrons. The van der Waals surface area contributed by atoms with Crippen molar-refractivity contribution in [3.05, 3.63) is 60.7 Å². The van der Waals surface area contributed by atoms with Crippen molar-refractivity contribution >= 4 is 22.7 Å². The number of hydrogen-bond acceptors (Lipinski definition) is 2. The van der Waals surface area contributed by atoms with Crippen molar-refractivity contribution in [3.8, 4) is 11.3 Å². The molecule has 0 atom stereocenters. The Kier molecular flexibility index (Phi) is 3.03. The van der Waals surface area contributed by atoms with E-state index in [1.54, 1.807) is 11.8 Å². The van der Waals surface area contributed by atoms with Crippen LogP contribution < -0.4 is 0 Å². The van der Waals surface area contributed by atoms with Crippen LogP contribution in [0.5, 0.6) is 0 Å². The molecule has 3 rings (SSSR count). The van der Waals surface area contributed by atoms with E-state index in [0.29, 0.717) is 0 Å². The molecule has 1 heterocycles. The molecule has 0 N–H and O–H groups in total. The van der Waals surface area contributed by atoms with Gasteiger partial charge in [-0.1, -0.05) is 36.4 Å². The molecule has 1 nitrogen and oxygen atoms in total. The Labute approximate surface area is 111 Å². The zero-order valence-electron chi connectivity index (χ0n) is 10.1. The third-order valence-corrected chi connectivity index (χ3v) is 3.73. The Morgan fingerprint density at radius 2 is 1.61 bits per heavy atom. The predicted molar refractivity (Wildman–Crippen MR) is 79.0 cm³/mol. The molecule has 2 heteroatoms. The van der Waals surface area contributed by atoms with Gasteiger partial charge in [0.2, 0.25) is 0 Å². The molecule has 2 aromatic carbocycles. The molecule has 0 radical (unpaired) electrons. The summed E-state index contributed by atoms with van der Waals surface area (Å²) in [5.74, 6) is 0. The van der Waals surface area contributed by atoms with E-state index in [4.69, 9.17) is 4.98 Å². The summed E-state index contributed by atoms with van der Waals surface area (Å²) in [6.07, 6.45) is 2.09. The minimum atomic E-state index is 1.03. The number of nitrogens with zero attached hydrogens (tertiary/aromatic N) is 1. The van der Waals surface area contributed by atoms with E-state index in [9.17, 15) is 0 Å². The van der Waals surface area contributed by atoms with E-state index in [-0.39, 0.29) is 0 Å². The van der Waals surface area contributed by atoms with Gasteiger partial charge in [-0.25, -0.2) is 4.98 Å². The van der Waals surface area contributed by atoms with Crippen molar-refractivity contribution in [1.82, 2.24) is 4.98 Å². The lowest BCUT2D eigenvalue weighted by Gasteiger charge is -2.04. The number of rotatable bonds is 2. The summed E-state index contributed by atoms with van der Waals surface area (Å²) >= 11 is 1.75. The molecule has 0 bridgehead atoms. The Hall–Kier alpha value is -1.80. The van der Waals surface area contributed by atoms with Crippen LogP contribution >= 0.6 is 11.8 Å². The number of fused-ring (bicyclic) bond motifs is 1. The molecule has 1 aromatic heterocycles. The Morgan fingerprint density at radius 1 is 0.833 bits per heavy atom. The van der Waals surface area contributed by atoms with Crippen LogP contribution in [0.2, 0.25) is 0 Å². The van der Waals surface area contributed by atoms with Crippen LogP contribution in [0.4, 0.5) is 0 Å². The first-order chi connectivity index (χ1) is 8.86. The second-order valence-electron chi connectivity index (χ2n) is 4.12. The largest absolute Gasteiger partial charge is 0.248 e. The third kappa shape index (κ3) is 2.12. The first kappa shape index (κ1) is 11.3. The number of benzene rings is 2. The molecule has 0 amide bonds. The van der Waals surface area contributed by atoms with Crippen molar-refractivity contribution in [2.24, 2.45) is 0 Å². The maximum absolute atomic E-state index is 4.69. The van der Waals surface area contributed by atoms with Gasteiger partial charge in [0.05, 0.1) is 11.2 Å². The van der Waals surface area contributed by atoms with Gasteiger partial charge in [-0.15, -0.1) is 11.8 Å². The van der Waals surface area contributed by atoms with Crippen LogP contribution in [0.15, 0.2) is 65.6 Å². The molecule has 0 aliphatic heterocycles. The Bertz CT molecular complexity index is 674. The number of thioether (sulfide) groups is 1. The Balaban J connectivity index is 2.07. The summed E-state index contributed by atoms with van der Waals surface area (Å²) in [4.78, 5) is 5.97. The van der Waals surface area contributed by atoms with Crippen molar-refractivity contribution < 1.29 is 0 Å². The molecule has 0 aliphatic carbocycles. The number of aromatic nitrogens is 1. The summed E-state index contributed by atoms with van der Waals surface area (Å²) in [6.45, 7) is 0. The maximum Gasteiger partial charge on any atom is 0.0709 e. The zero-order chi connectivity index (χ0) is 12.4. The molecule has 0 fully saturated rings. The molecule has 18 heavy (non-hydrogen) atoms. The highest BCUT2D eigenvalue weighted by Gasteiger charge is 2.01. The van der Waals surface area contributed by atoms with E-state index in [1.165, 1.54) is 15.8 Å². The standard InChI is InChI=1S/C16H13NS/c1-18-14-9-6-13(7-10-14)16-11-8-12-4-2-3-5-15(12)17-16/h2-11H,1H3. The second-order valence-corrected chi connectivity index (χ2v) is 5.00. The normalized spacial score (nSPS) is 10.7.